The van der Waals surface area contributed by atoms with Crippen molar-refractivity contribution in [3.63, 3.8) is 0 Å². The van der Waals surface area contributed by atoms with Crippen LogP contribution in [0.1, 0.15) is 12.0 Å². The van der Waals surface area contributed by atoms with Gasteiger partial charge in [-0.15, -0.1) is 0 Å². The Hall–Kier alpha value is -2.13. The third-order valence-corrected chi connectivity index (χ3v) is 7.75. The first-order chi connectivity index (χ1) is 11.7. The fourth-order valence-electron chi connectivity index (χ4n) is 4.82. The fourth-order valence-corrected chi connectivity index (χ4v) is 6.82. The average Bonchev–Trinajstić information content (AvgIpc) is 3.14. The molecule has 4 unspecified atom stereocenters. The number of fused-ring (bicyclic) bond motifs is 5. The van der Waals surface area contributed by atoms with Crippen molar-refractivity contribution in [2.24, 2.45) is 23.7 Å². The van der Waals surface area contributed by atoms with Crippen LogP contribution in [0.4, 0.5) is 0 Å². The highest BCUT2D eigenvalue weighted by Gasteiger charge is 2.58. The van der Waals surface area contributed by atoms with Gasteiger partial charge in [0.05, 0.1) is 9.80 Å². The van der Waals surface area contributed by atoms with Crippen LogP contribution in [0.15, 0.2) is 82.6 Å². The molecule has 1 fully saturated rings. The van der Waals surface area contributed by atoms with Gasteiger partial charge in [0, 0.05) is 5.92 Å². The normalized spacial score (nSPS) is 30.3. The Morgan fingerprint density at radius 3 is 2.00 bits per heavy atom. The molecule has 0 heterocycles. The van der Waals surface area contributed by atoms with Crippen molar-refractivity contribution < 1.29 is 8.42 Å². The van der Waals surface area contributed by atoms with Crippen LogP contribution < -0.4 is 0 Å². The van der Waals surface area contributed by atoms with Crippen molar-refractivity contribution in [3.05, 3.63) is 83.3 Å². The number of rotatable bonds is 3. The first-order valence-electron chi connectivity index (χ1n) is 8.46. The fraction of sp³-hybridized carbons (Fsp3) is 0.238. The van der Waals surface area contributed by atoms with Crippen LogP contribution in [0.5, 0.6) is 0 Å². The standard InChI is InChI=1S/C21H18O2S/c22-24(23,17-9-5-2-6-10-17)21-19(14-7-3-1-4-8-14)18-15-11-12-16(13-15)20(18)21/h1-12,15-16,18,20H,13H2. The maximum Gasteiger partial charge on any atom is 0.203 e. The number of sulfone groups is 1. The highest BCUT2D eigenvalue weighted by molar-refractivity contribution is 7.95. The van der Waals surface area contributed by atoms with Gasteiger partial charge in [-0.05, 0) is 47.4 Å². The van der Waals surface area contributed by atoms with Gasteiger partial charge in [0.1, 0.15) is 0 Å². The summed E-state index contributed by atoms with van der Waals surface area (Å²) in [6.07, 6.45) is 5.62. The van der Waals surface area contributed by atoms with Crippen molar-refractivity contribution in [1.29, 1.82) is 0 Å². The molecule has 5 rings (SSSR count). The first kappa shape index (κ1) is 14.2. The van der Waals surface area contributed by atoms with E-state index in [0.29, 0.717) is 27.6 Å². The van der Waals surface area contributed by atoms with E-state index in [1.54, 1.807) is 24.3 Å². The third-order valence-electron chi connectivity index (χ3n) is 5.79. The van der Waals surface area contributed by atoms with Gasteiger partial charge in [-0.3, -0.25) is 0 Å². The second kappa shape index (κ2) is 4.93. The molecule has 3 heteroatoms. The Labute approximate surface area is 142 Å². The molecule has 0 aliphatic heterocycles. The predicted octanol–water partition coefficient (Wildman–Crippen LogP) is 4.32. The maximum atomic E-state index is 13.3. The van der Waals surface area contributed by atoms with Crippen LogP contribution in [0.3, 0.4) is 0 Å². The number of allylic oxidation sites excluding steroid dienone is 4. The summed E-state index contributed by atoms with van der Waals surface area (Å²) in [4.78, 5) is 1.08. The Balaban J connectivity index is 1.72. The minimum absolute atomic E-state index is 0.167. The van der Waals surface area contributed by atoms with Crippen molar-refractivity contribution >= 4 is 15.4 Å². The molecule has 0 amide bonds. The molecular weight excluding hydrogens is 316 g/mol. The summed E-state index contributed by atoms with van der Waals surface area (Å²) < 4.78 is 26.7. The summed E-state index contributed by atoms with van der Waals surface area (Å²) in [5, 5.41) is 0. The monoisotopic (exact) mass is 334 g/mol. The van der Waals surface area contributed by atoms with Crippen molar-refractivity contribution in [3.8, 4) is 0 Å². The lowest BCUT2D eigenvalue weighted by Gasteiger charge is -2.42. The zero-order chi connectivity index (χ0) is 16.3. The molecule has 2 nitrogen and oxygen atoms in total. The zero-order valence-electron chi connectivity index (χ0n) is 13.2. The highest BCUT2D eigenvalue weighted by Crippen LogP contribution is 2.65. The van der Waals surface area contributed by atoms with E-state index in [1.807, 2.05) is 36.4 Å². The van der Waals surface area contributed by atoms with Crippen LogP contribution in [-0.2, 0) is 9.84 Å². The summed E-state index contributed by atoms with van der Waals surface area (Å²) >= 11 is 0. The minimum Gasteiger partial charge on any atom is -0.219 e. The lowest BCUT2D eigenvalue weighted by Crippen LogP contribution is -2.36. The molecule has 120 valence electrons. The number of benzene rings is 2. The molecule has 4 atom stereocenters. The number of hydrogen-bond donors (Lipinski definition) is 0. The quantitative estimate of drug-likeness (QED) is 0.783. The predicted molar refractivity (Wildman–Crippen MR) is 94.7 cm³/mol. The Kier molecular flexibility index (Phi) is 2.93. The van der Waals surface area contributed by atoms with Gasteiger partial charge in [-0.25, -0.2) is 8.42 Å². The molecule has 2 aromatic carbocycles. The van der Waals surface area contributed by atoms with Crippen LogP contribution in [0.25, 0.3) is 5.57 Å². The molecule has 2 aromatic rings. The summed E-state index contributed by atoms with van der Waals surface area (Å²) in [5.41, 5.74) is 2.12. The van der Waals surface area contributed by atoms with Gasteiger partial charge in [0.25, 0.3) is 0 Å². The maximum absolute atomic E-state index is 13.3. The molecule has 0 N–H and O–H groups in total. The van der Waals surface area contributed by atoms with E-state index in [0.717, 1.165) is 17.6 Å². The van der Waals surface area contributed by atoms with Gasteiger partial charge in [-0.2, -0.15) is 0 Å². The van der Waals surface area contributed by atoms with Crippen LogP contribution >= 0.6 is 0 Å². The molecule has 0 radical (unpaired) electrons. The van der Waals surface area contributed by atoms with Crippen LogP contribution in [0.2, 0.25) is 0 Å². The molecule has 24 heavy (non-hydrogen) atoms. The Morgan fingerprint density at radius 1 is 0.750 bits per heavy atom. The van der Waals surface area contributed by atoms with Crippen LogP contribution in [-0.4, -0.2) is 8.42 Å². The van der Waals surface area contributed by atoms with E-state index in [-0.39, 0.29) is 5.92 Å². The average molecular weight is 334 g/mol. The lowest BCUT2D eigenvalue weighted by molar-refractivity contribution is 0.404. The van der Waals surface area contributed by atoms with Gasteiger partial charge in [-0.1, -0.05) is 60.7 Å². The SMILES string of the molecule is O=S(=O)(C1=C(c2ccccc2)C2C3C=CC(C3)C12)c1ccccc1. The summed E-state index contributed by atoms with van der Waals surface area (Å²) in [6, 6.07) is 18.9. The Bertz CT molecular complexity index is 955. The third kappa shape index (κ3) is 1.79. The van der Waals surface area contributed by atoms with E-state index >= 15 is 0 Å². The van der Waals surface area contributed by atoms with Gasteiger partial charge in [0.15, 0.2) is 0 Å². The van der Waals surface area contributed by atoms with Crippen molar-refractivity contribution in [1.82, 2.24) is 0 Å². The molecule has 1 saturated carbocycles. The molecule has 3 aliphatic rings. The van der Waals surface area contributed by atoms with Gasteiger partial charge < -0.3 is 0 Å². The van der Waals surface area contributed by atoms with E-state index in [4.69, 9.17) is 0 Å². The van der Waals surface area contributed by atoms with Crippen molar-refractivity contribution in [2.75, 3.05) is 0 Å². The largest absolute Gasteiger partial charge is 0.219 e. The van der Waals surface area contributed by atoms with Crippen molar-refractivity contribution in [2.45, 2.75) is 11.3 Å². The summed E-state index contributed by atoms with van der Waals surface area (Å²) in [7, 11) is -3.43. The van der Waals surface area contributed by atoms with E-state index < -0.39 is 9.84 Å². The molecule has 3 aliphatic carbocycles. The molecule has 2 bridgehead atoms. The number of hydrogen-bond acceptors (Lipinski definition) is 2. The van der Waals surface area contributed by atoms with E-state index in [2.05, 4.69) is 12.2 Å². The van der Waals surface area contributed by atoms with Gasteiger partial charge in [0.2, 0.25) is 9.84 Å². The molecule has 0 aromatic heterocycles. The Morgan fingerprint density at radius 2 is 1.33 bits per heavy atom. The molecular formula is C21H18O2S. The minimum atomic E-state index is -3.43. The smallest absolute Gasteiger partial charge is 0.203 e. The second-order valence-electron chi connectivity index (χ2n) is 6.96. The summed E-state index contributed by atoms with van der Waals surface area (Å²) in [6.45, 7) is 0. The zero-order valence-corrected chi connectivity index (χ0v) is 14.0. The lowest BCUT2D eigenvalue weighted by atomic mass is 9.66. The van der Waals surface area contributed by atoms with Gasteiger partial charge >= 0.3 is 0 Å². The molecule has 0 saturated heterocycles. The topological polar surface area (TPSA) is 34.1 Å². The first-order valence-corrected chi connectivity index (χ1v) is 9.94. The van der Waals surface area contributed by atoms with Crippen LogP contribution in [0, 0.1) is 23.7 Å². The molecule has 0 spiro atoms. The summed E-state index contributed by atoms with van der Waals surface area (Å²) in [5.74, 6) is 1.43. The van der Waals surface area contributed by atoms with E-state index in [1.165, 1.54) is 0 Å². The highest BCUT2D eigenvalue weighted by atomic mass is 32.2. The second-order valence-corrected chi connectivity index (χ2v) is 8.88. The van der Waals surface area contributed by atoms with E-state index in [9.17, 15) is 8.42 Å².